The number of carbonyl (C=O) groups excluding carboxylic acids is 1. The molecule has 21 heavy (non-hydrogen) atoms. The van der Waals surface area contributed by atoms with Gasteiger partial charge in [0, 0.05) is 23.7 Å². The molecule has 1 fully saturated rings. The fraction of sp³-hybridized carbons (Fsp3) is 0.471. The summed E-state index contributed by atoms with van der Waals surface area (Å²) in [5.74, 6) is 5.39. The monoisotopic (exact) mass is 287 g/mol. The van der Waals surface area contributed by atoms with E-state index in [0.717, 1.165) is 30.4 Å². The number of aryl methyl sites for hydroxylation is 1. The minimum atomic E-state index is -0.198. The predicted octanol–water partition coefficient (Wildman–Crippen LogP) is 1.33. The largest absolute Gasteiger partial charge is 0.395 e. The van der Waals surface area contributed by atoms with Crippen LogP contribution in [-0.2, 0) is 0 Å². The van der Waals surface area contributed by atoms with Crippen LogP contribution in [0.2, 0.25) is 0 Å². The number of rotatable bonds is 4. The third-order valence-electron chi connectivity index (χ3n) is 3.75. The van der Waals surface area contributed by atoms with Gasteiger partial charge in [-0.25, -0.2) is 0 Å². The second kappa shape index (κ2) is 7.26. The van der Waals surface area contributed by atoms with Crippen LogP contribution in [0.3, 0.4) is 0 Å². The first-order chi connectivity index (χ1) is 10.2. The van der Waals surface area contributed by atoms with Crippen LogP contribution in [0, 0.1) is 18.8 Å². The number of benzene rings is 1. The molecular weight excluding hydrogens is 266 g/mol. The number of aliphatic hydroxyl groups is 2. The zero-order valence-electron chi connectivity index (χ0n) is 12.3. The van der Waals surface area contributed by atoms with Crippen LogP contribution >= 0.6 is 0 Å². The molecule has 2 rings (SSSR count). The predicted molar refractivity (Wildman–Crippen MR) is 80.9 cm³/mol. The van der Waals surface area contributed by atoms with Gasteiger partial charge in [0.05, 0.1) is 6.61 Å². The highest BCUT2D eigenvalue weighted by atomic mass is 16.3. The second-order valence-electron chi connectivity index (χ2n) is 5.35. The first-order valence-electron chi connectivity index (χ1n) is 7.29. The molecule has 1 aliphatic carbocycles. The summed E-state index contributed by atoms with van der Waals surface area (Å²) in [6.07, 6.45) is 3.16. The summed E-state index contributed by atoms with van der Waals surface area (Å²) in [6.45, 7) is 2.07. The number of carbonyl (C=O) groups is 1. The summed E-state index contributed by atoms with van der Waals surface area (Å²) >= 11 is 0. The SMILES string of the molecule is Cc1cc(C#CCO)cc(C(=O)N(CCO)C2CCC2)c1. The molecule has 1 aromatic carbocycles. The molecule has 0 radical (unpaired) electrons. The zero-order valence-corrected chi connectivity index (χ0v) is 12.3. The standard InChI is InChI=1S/C17H21NO3/c1-13-10-14(4-3-8-19)12-15(11-13)17(21)18(7-9-20)16-5-2-6-16/h10-12,16,19-20H,2,5-9H2,1H3. The number of hydrogen-bond acceptors (Lipinski definition) is 3. The highest BCUT2D eigenvalue weighted by Crippen LogP contribution is 2.26. The van der Waals surface area contributed by atoms with Gasteiger partial charge < -0.3 is 15.1 Å². The summed E-state index contributed by atoms with van der Waals surface area (Å²) in [5, 5.41) is 18.0. The van der Waals surface area contributed by atoms with Crippen molar-refractivity contribution in [3.63, 3.8) is 0 Å². The number of aliphatic hydroxyl groups excluding tert-OH is 2. The molecule has 1 amide bonds. The van der Waals surface area contributed by atoms with Crippen molar-refractivity contribution >= 4 is 5.91 Å². The second-order valence-corrected chi connectivity index (χ2v) is 5.35. The van der Waals surface area contributed by atoms with E-state index in [1.54, 1.807) is 11.0 Å². The molecule has 2 N–H and O–H groups in total. The quantitative estimate of drug-likeness (QED) is 0.821. The van der Waals surface area contributed by atoms with Crippen molar-refractivity contribution in [1.29, 1.82) is 0 Å². The fourth-order valence-electron chi connectivity index (χ4n) is 2.54. The Bertz CT molecular complexity index is 567. The van der Waals surface area contributed by atoms with Gasteiger partial charge in [-0.2, -0.15) is 0 Å². The molecule has 112 valence electrons. The van der Waals surface area contributed by atoms with Gasteiger partial charge in [0.15, 0.2) is 0 Å². The van der Waals surface area contributed by atoms with Gasteiger partial charge in [-0.05, 0) is 49.9 Å². The van der Waals surface area contributed by atoms with Crippen molar-refractivity contribution in [2.75, 3.05) is 19.8 Å². The van der Waals surface area contributed by atoms with E-state index in [-0.39, 0.29) is 25.2 Å². The Hall–Kier alpha value is -1.83. The highest BCUT2D eigenvalue weighted by molar-refractivity contribution is 5.95. The van der Waals surface area contributed by atoms with Crippen molar-refractivity contribution in [3.05, 3.63) is 34.9 Å². The molecule has 0 heterocycles. The van der Waals surface area contributed by atoms with E-state index in [0.29, 0.717) is 12.1 Å². The van der Waals surface area contributed by atoms with Crippen LogP contribution in [0.4, 0.5) is 0 Å². The molecule has 0 atom stereocenters. The van der Waals surface area contributed by atoms with Crippen molar-refractivity contribution in [3.8, 4) is 11.8 Å². The zero-order chi connectivity index (χ0) is 15.2. The normalized spacial score (nSPS) is 14.0. The maximum Gasteiger partial charge on any atom is 0.254 e. The van der Waals surface area contributed by atoms with Gasteiger partial charge in [-0.1, -0.05) is 11.8 Å². The Morgan fingerprint density at radius 3 is 2.67 bits per heavy atom. The maximum atomic E-state index is 12.7. The lowest BCUT2D eigenvalue weighted by molar-refractivity contribution is 0.0525. The molecule has 1 aliphatic rings. The number of amides is 1. The third-order valence-corrected chi connectivity index (χ3v) is 3.75. The molecule has 0 saturated heterocycles. The fourth-order valence-corrected chi connectivity index (χ4v) is 2.54. The number of nitrogens with zero attached hydrogens (tertiary/aromatic N) is 1. The van der Waals surface area contributed by atoms with E-state index in [1.807, 2.05) is 19.1 Å². The average Bonchev–Trinajstić information content (AvgIpc) is 2.41. The van der Waals surface area contributed by atoms with E-state index >= 15 is 0 Å². The lowest BCUT2D eigenvalue weighted by Gasteiger charge is -2.37. The minimum absolute atomic E-state index is 0.0226. The van der Waals surface area contributed by atoms with E-state index in [9.17, 15) is 9.90 Å². The summed E-state index contributed by atoms with van der Waals surface area (Å²) in [6, 6.07) is 5.73. The van der Waals surface area contributed by atoms with E-state index < -0.39 is 0 Å². The average molecular weight is 287 g/mol. The van der Waals surface area contributed by atoms with Crippen LogP contribution < -0.4 is 0 Å². The molecule has 1 aromatic rings. The Morgan fingerprint density at radius 2 is 2.10 bits per heavy atom. The first kappa shape index (κ1) is 15.6. The first-order valence-corrected chi connectivity index (χ1v) is 7.29. The molecular formula is C17H21NO3. The van der Waals surface area contributed by atoms with E-state index in [4.69, 9.17) is 5.11 Å². The molecule has 4 heteroatoms. The minimum Gasteiger partial charge on any atom is -0.395 e. The third kappa shape index (κ3) is 3.84. The van der Waals surface area contributed by atoms with Crippen LogP contribution in [0.5, 0.6) is 0 Å². The lowest BCUT2D eigenvalue weighted by Crippen LogP contribution is -2.45. The summed E-state index contributed by atoms with van der Waals surface area (Å²) in [4.78, 5) is 14.4. The van der Waals surface area contributed by atoms with Crippen LogP contribution in [0.15, 0.2) is 18.2 Å². The lowest BCUT2D eigenvalue weighted by atomic mass is 9.90. The van der Waals surface area contributed by atoms with Crippen LogP contribution in [0.1, 0.15) is 40.7 Å². The summed E-state index contributed by atoms with van der Waals surface area (Å²) < 4.78 is 0. The van der Waals surface area contributed by atoms with Gasteiger partial charge in [0.2, 0.25) is 0 Å². The Balaban J connectivity index is 2.25. The summed E-state index contributed by atoms with van der Waals surface area (Å²) in [5.41, 5.74) is 2.28. The van der Waals surface area contributed by atoms with Gasteiger partial charge >= 0.3 is 0 Å². The van der Waals surface area contributed by atoms with E-state index in [2.05, 4.69) is 11.8 Å². The van der Waals surface area contributed by atoms with Gasteiger partial charge in [0.1, 0.15) is 6.61 Å². The van der Waals surface area contributed by atoms with Gasteiger partial charge in [-0.15, -0.1) is 0 Å². The van der Waals surface area contributed by atoms with Crippen LogP contribution in [0.25, 0.3) is 0 Å². The topological polar surface area (TPSA) is 60.8 Å². The Kier molecular flexibility index (Phi) is 5.38. The van der Waals surface area contributed by atoms with Crippen molar-refractivity contribution in [2.45, 2.75) is 32.2 Å². The molecule has 1 saturated carbocycles. The molecule has 0 spiro atoms. The molecule has 0 bridgehead atoms. The Labute approximate surface area is 125 Å². The maximum absolute atomic E-state index is 12.7. The highest BCUT2D eigenvalue weighted by Gasteiger charge is 2.29. The molecule has 0 unspecified atom stereocenters. The molecule has 4 nitrogen and oxygen atoms in total. The van der Waals surface area contributed by atoms with Crippen LogP contribution in [-0.4, -0.2) is 46.8 Å². The number of hydrogen-bond donors (Lipinski definition) is 2. The van der Waals surface area contributed by atoms with Crippen molar-refractivity contribution < 1.29 is 15.0 Å². The smallest absolute Gasteiger partial charge is 0.254 e. The molecule has 0 aromatic heterocycles. The van der Waals surface area contributed by atoms with Crippen molar-refractivity contribution in [2.24, 2.45) is 0 Å². The summed E-state index contributed by atoms with van der Waals surface area (Å²) in [7, 11) is 0. The van der Waals surface area contributed by atoms with Gasteiger partial charge in [-0.3, -0.25) is 4.79 Å². The molecule has 0 aliphatic heterocycles. The van der Waals surface area contributed by atoms with Gasteiger partial charge in [0.25, 0.3) is 5.91 Å². The Morgan fingerprint density at radius 1 is 1.33 bits per heavy atom. The van der Waals surface area contributed by atoms with Crippen molar-refractivity contribution in [1.82, 2.24) is 4.90 Å². The van der Waals surface area contributed by atoms with E-state index in [1.165, 1.54) is 0 Å².